The summed E-state index contributed by atoms with van der Waals surface area (Å²) in [6, 6.07) is 3.44. The molecule has 0 saturated heterocycles. The Hall–Kier alpha value is -1.05. The summed E-state index contributed by atoms with van der Waals surface area (Å²) in [6.07, 6.45) is -0.905. The van der Waals surface area contributed by atoms with Crippen molar-refractivity contribution in [2.24, 2.45) is 0 Å². The monoisotopic (exact) mass is 364 g/mol. The van der Waals surface area contributed by atoms with Crippen LogP contribution in [0.2, 0.25) is 0 Å². The van der Waals surface area contributed by atoms with Gasteiger partial charge in [0.1, 0.15) is 5.82 Å². The van der Waals surface area contributed by atoms with E-state index in [9.17, 15) is 14.2 Å². The number of aromatic nitrogens is 2. The van der Waals surface area contributed by atoms with Crippen LogP contribution in [0.25, 0.3) is 11.0 Å². The zero-order chi connectivity index (χ0) is 17.6. The number of aryl methyl sites for hydroxylation is 3. The summed E-state index contributed by atoms with van der Waals surface area (Å²) in [7, 11) is -10.9. The highest BCUT2D eigenvalue weighted by molar-refractivity contribution is 7.72. The number of fused-ring (bicyclic) bond motifs is 1. The predicted octanol–water partition coefficient (Wildman–Crippen LogP) is 1.11. The summed E-state index contributed by atoms with van der Waals surface area (Å²) >= 11 is 0. The van der Waals surface area contributed by atoms with Gasteiger partial charge in [-0.2, -0.15) is 0 Å². The number of aromatic amines is 1. The fraction of sp³-hybridized carbons (Fsp3) is 0.417. The zero-order valence-electron chi connectivity index (χ0n) is 12.5. The molecule has 1 heterocycles. The maximum Gasteiger partial charge on any atom is 0.369 e. The number of imidazole rings is 1. The van der Waals surface area contributed by atoms with Gasteiger partial charge in [-0.15, -0.1) is 0 Å². The number of nitrogens with zero attached hydrogens (tertiary/aromatic N) is 1. The smallest absolute Gasteiger partial charge is 0.368 e. The Morgan fingerprint density at radius 1 is 1.13 bits per heavy atom. The second kappa shape index (κ2) is 5.79. The summed E-state index contributed by atoms with van der Waals surface area (Å²) < 4.78 is 22.7. The molecular weight excluding hydrogens is 346 g/mol. The second-order valence-electron chi connectivity index (χ2n) is 5.48. The number of rotatable bonds is 5. The molecule has 0 aliphatic rings. The molecule has 0 saturated carbocycles. The van der Waals surface area contributed by atoms with Gasteiger partial charge < -0.3 is 29.7 Å². The molecule has 0 atom stereocenters. The van der Waals surface area contributed by atoms with Crippen molar-refractivity contribution in [1.29, 1.82) is 0 Å². The number of hydrogen-bond acceptors (Lipinski definition) is 4. The van der Waals surface area contributed by atoms with Gasteiger partial charge in [0, 0.05) is 6.42 Å². The standard InChI is InChI=1S/C12H18N2O7P2/c1-7-5-10-11(14-8(2)13-10)6-9(7)3-4-12(15,22(16,17)18)23(19,20)21/h5-6,15H,3-4H2,1-2H3,(H,13,14)(H2,16,17,18)(H2,19,20,21). The normalized spacial score (nSPS) is 13.7. The van der Waals surface area contributed by atoms with E-state index in [2.05, 4.69) is 9.97 Å². The number of H-pyrrole nitrogens is 1. The van der Waals surface area contributed by atoms with Crippen molar-refractivity contribution >= 4 is 26.2 Å². The van der Waals surface area contributed by atoms with E-state index in [-0.39, 0.29) is 6.42 Å². The lowest BCUT2D eigenvalue weighted by Crippen LogP contribution is -2.29. The quantitative estimate of drug-likeness (QED) is 0.430. The van der Waals surface area contributed by atoms with Crippen LogP contribution in [0.4, 0.5) is 0 Å². The molecule has 1 aromatic carbocycles. The lowest BCUT2D eigenvalue weighted by molar-refractivity contribution is 0.123. The Bertz CT molecular complexity index is 813. The highest BCUT2D eigenvalue weighted by Gasteiger charge is 2.58. The van der Waals surface area contributed by atoms with Gasteiger partial charge in [0.05, 0.1) is 11.0 Å². The summed E-state index contributed by atoms with van der Waals surface area (Å²) in [6.45, 7) is 3.52. The molecule has 0 amide bonds. The van der Waals surface area contributed by atoms with Crippen LogP contribution in [-0.2, 0) is 15.6 Å². The van der Waals surface area contributed by atoms with Crippen molar-refractivity contribution < 1.29 is 33.8 Å². The molecule has 0 bridgehead atoms. The Balaban J connectivity index is 2.37. The Morgan fingerprint density at radius 2 is 1.70 bits per heavy atom. The van der Waals surface area contributed by atoms with Gasteiger partial charge in [0.2, 0.25) is 0 Å². The molecular formula is C12H18N2O7P2. The van der Waals surface area contributed by atoms with Crippen LogP contribution in [0, 0.1) is 13.8 Å². The van der Waals surface area contributed by atoms with Crippen molar-refractivity contribution in [1.82, 2.24) is 9.97 Å². The largest absolute Gasteiger partial charge is 0.369 e. The van der Waals surface area contributed by atoms with Gasteiger partial charge in [-0.05, 0) is 43.5 Å². The topological polar surface area (TPSA) is 164 Å². The fourth-order valence-electron chi connectivity index (χ4n) is 2.37. The number of benzene rings is 1. The molecule has 0 aliphatic heterocycles. The van der Waals surface area contributed by atoms with E-state index >= 15 is 0 Å². The maximum absolute atomic E-state index is 11.4. The van der Waals surface area contributed by atoms with E-state index in [1.165, 1.54) is 0 Å². The molecule has 128 valence electrons. The van der Waals surface area contributed by atoms with Gasteiger partial charge in [-0.3, -0.25) is 9.13 Å². The molecule has 11 heteroatoms. The van der Waals surface area contributed by atoms with Crippen LogP contribution in [-0.4, -0.2) is 39.7 Å². The fourth-order valence-corrected chi connectivity index (χ4v) is 4.53. The minimum Gasteiger partial charge on any atom is -0.368 e. The van der Waals surface area contributed by atoms with Gasteiger partial charge in [-0.25, -0.2) is 4.98 Å². The van der Waals surface area contributed by atoms with Crippen LogP contribution in [0.15, 0.2) is 12.1 Å². The number of aliphatic hydroxyl groups is 1. The van der Waals surface area contributed by atoms with Gasteiger partial charge in [-0.1, -0.05) is 0 Å². The first-order chi connectivity index (χ1) is 10.3. The molecule has 2 rings (SSSR count). The van der Waals surface area contributed by atoms with E-state index in [0.717, 1.165) is 11.1 Å². The Kier molecular flexibility index (Phi) is 4.60. The Morgan fingerprint density at radius 3 is 2.22 bits per heavy atom. The van der Waals surface area contributed by atoms with Crippen molar-refractivity contribution in [3.05, 3.63) is 29.1 Å². The first-order valence-electron chi connectivity index (χ1n) is 6.64. The third kappa shape index (κ3) is 3.41. The summed E-state index contributed by atoms with van der Waals surface area (Å²) in [5.74, 6) is 0.693. The first-order valence-corrected chi connectivity index (χ1v) is 9.87. The third-order valence-corrected chi connectivity index (χ3v) is 7.60. The molecule has 2 aromatic rings. The van der Waals surface area contributed by atoms with E-state index in [4.69, 9.17) is 19.6 Å². The Labute approximate surface area is 131 Å². The number of nitrogens with one attached hydrogen (secondary N) is 1. The molecule has 23 heavy (non-hydrogen) atoms. The van der Waals surface area contributed by atoms with Crippen molar-refractivity contribution in [3.8, 4) is 0 Å². The van der Waals surface area contributed by atoms with Gasteiger partial charge in [0.15, 0.2) is 0 Å². The zero-order valence-corrected chi connectivity index (χ0v) is 14.3. The van der Waals surface area contributed by atoms with Crippen LogP contribution < -0.4 is 0 Å². The summed E-state index contributed by atoms with van der Waals surface area (Å²) in [5.41, 5.74) is 2.74. The molecule has 9 nitrogen and oxygen atoms in total. The maximum atomic E-state index is 11.4. The molecule has 1 aromatic heterocycles. The average molecular weight is 364 g/mol. The van der Waals surface area contributed by atoms with E-state index in [1.54, 1.807) is 26.0 Å². The van der Waals surface area contributed by atoms with Gasteiger partial charge >= 0.3 is 15.2 Å². The first kappa shape index (κ1) is 18.3. The van der Waals surface area contributed by atoms with Crippen LogP contribution in [0.5, 0.6) is 0 Å². The lowest BCUT2D eigenvalue weighted by Gasteiger charge is -2.29. The summed E-state index contributed by atoms with van der Waals surface area (Å²) in [4.78, 5) is 43.9. The highest BCUT2D eigenvalue weighted by atomic mass is 31.2. The van der Waals surface area contributed by atoms with Crippen molar-refractivity contribution in [2.75, 3.05) is 0 Å². The third-order valence-electron chi connectivity index (χ3n) is 3.72. The highest BCUT2D eigenvalue weighted by Crippen LogP contribution is 2.69. The van der Waals surface area contributed by atoms with Crippen LogP contribution >= 0.6 is 15.2 Å². The minimum absolute atomic E-state index is 0.125. The lowest BCUT2D eigenvalue weighted by atomic mass is 10.0. The van der Waals surface area contributed by atoms with Crippen molar-refractivity contribution in [2.45, 2.75) is 31.8 Å². The van der Waals surface area contributed by atoms with E-state index in [1.807, 2.05) is 0 Å². The molecule has 0 fully saturated rings. The SMILES string of the molecule is Cc1nc2cc(CCC(O)(P(=O)(O)O)P(=O)(O)O)c(C)cc2[nH]1. The van der Waals surface area contributed by atoms with Crippen LogP contribution in [0.3, 0.4) is 0 Å². The molecule has 6 N–H and O–H groups in total. The molecule has 0 spiro atoms. The van der Waals surface area contributed by atoms with E-state index < -0.39 is 26.7 Å². The minimum atomic E-state index is -5.43. The van der Waals surface area contributed by atoms with Crippen molar-refractivity contribution in [3.63, 3.8) is 0 Å². The van der Waals surface area contributed by atoms with E-state index in [0.29, 0.717) is 16.9 Å². The van der Waals surface area contributed by atoms with Gasteiger partial charge in [0.25, 0.3) is 5.08 Å². The average Bonchev–Trinajstić information content (AvgIpc) is 2.71. The molecule has 0 aliphatic carbocycles. The number of hydrogen-bond donors (Lipinski definition) is 6. The van der Waals surface area contributed by atoms with Crippen LogP contribution in [0.1, 0.15) is 23.4 Å². The second-order valence-corrected chi connectivity index (χ2v) is 9.49. The molecule has 0 unspecified atom stereocenters. The molecule has 0 radical (unpaired) electrons. The summed E-state index contributed by atoms with van der Waals surface area (Å²) in [5, 5.41) is 6.51. The predicted molar refractivity (Wildman–Crippen MR) is 82.9 cm³/mol.